The summed E-state index contributed by atoms with van der Waals surface area (Å²) in [5.41, 5.74) is 1.29. The number of likely N-dealkylation sites (tertiary alicyclic amines) is 1. The molecule has 108 valence electrons. The number of hydrogen-bond donors (Lipinski definition) is 1. The van der Waals surface area contributed by atoms with Crippen LogP contribution in [0.2, 0.25) is 5.02 Å². The Bertz CT molecular complexity index is 544. The summed E-state index contributed by atoms with van der Waals surface area (Å²) in [6, 6.07) is 4.30. The molecule has 2 unspecified atom stereocenters. The van der Waals surface area contributed by atoms with Crippen molar-refractivity contribution in [3.63, 3.8) is 0 Å². The minimum Gasteiger partial charge on any atom is -0.480 e. The second-order valence-corrected chi connectivity index (χ2v) is 5.80. The molecule has 0 radical (unpaired) electrons. The van der Waals surface area contributed by atoms with E-state index in [0.717, 1.165) is 18.4 Å². The van der Waals surface area contributed by atoms with Gasteiger partial charge in [-0.25, -0.2) is 4.79 Å². The summed E-state index contributed by atoms with van der Waals surface area (Å²) >= 11 is 5.89. The van der Waals surface area contributed by atoms with Gasteiger partial charge in [0.05, 0.1) is 0 Å². The number of hydrogen-bond acceptors (Lipinski definition) is 2. The van der Waals surface area contributed by atoms with Gasteiger partial charge in [0.25, 0.3) is 5.91 Å². The molecule has 1 aromatic rings. The highest BCUT2D eigenvalue weighted by Gasteiger charge is 2.37. The highest BCUT2D eigenvalue weighted by Crippen LogP contribution is 2.26. The molecule has 5 heteroatoms. The topological polar surface area (TPSA) is 57.6 Å². The predicted octanol–water partition coefficient (Wildman–Crippen LogP) is 2.97. The van der Waals surface area contributed by atoms with Crippen molar-refractivity contribution < 1.29 is 14.7 Å². The molecule has 1 aliphatic rings. The minimum atomic E-state index is -0.933. The lowest BCUT2D eigenvalue weighted by atomic mass is 9.90. The van der Waals surface area contributed by atoms with Crippen LogP contribution in [0.25, 0.3) is 0 Å². The van der Waals surface area contributed by atoms with Gasteiger partial charge in [-0.05, 0) is 49.4 Å². The molecular weight excluding hydrogens is 278 g/mol. The van der Waals surface area contributed by atoms with Crippen LogP contribution < -0.4 is 0 Å². The number of carbonyl (C=O) groups is 2. The van der Waals surface area contributed by atoms with E-state index in [4.69, 9.17) is 11.6 Å². The highest BCUT2D eigenvalue weighted by molar-refractivity contribution is 6.30. The van der Waals surface area contributed by atoms with Gasteiger partial charge < -0.3 is 10.0 Å². The Morgan fingerprint density at radius 1 is 1.40 bits per heavy atom. The van der Waals surface area contributed by atoms with Crippen molar-refractivity contribution in [2.24, 2.45) is 5.92 Å². The van der Waals surface area contributed by atoms with E-state index >= 15 is 0 Å². The molecule has 1 N–H and O–H groups in total. The SMILES string of the molecule is Cc1cc(Cl)ccc1C(=O)N1CCCC(C)C1C(=O)O. The lowest BCUT2D eigenvalue weighted by Gasteiger charge is -2.37. The third-order valence-corrected chi connectivity index (χ3v) is 4.10. The van der Waals surface area contributed by atoms with Gasteiger partial charge >= 0.3 is 5.97 Å². The molecule has 0 aliphatic carbocycles. The number of aryl methyl sites for hydroxylation is 1. The Balaban J connectivity index is 2.33. The van der Waals surface area contributed by atoms with Crippen LogP contribution in [0.3, 0.4) is 0 Å². The first-order valence-corrected chi connectivity index (χ1v) is 7.09. The molecule has 1 fully saturated rings. The zero-order chi connectivity index (χ0) is 14.9. The predicted molar refractivity (Wildman–Crippen MR) is 77.0 cm³/mol. The van der Waals surface area contributed by atoms with Crippen molar-refractivity contribution in [2.75, 3.05) is 6.54 Å². The number of nitrogens with zero attached hydrogens (tertiary/aromatic N) is 1. The zero-order valence-corrected chi connectivity index (χ0v) is 12.4. The molecular formula is C15H18ClNO3. The molecule has 2 atom stereocenters. The number of carboxylic acids is 1. The van der Waals surface area contributed by atoms with Crippen molar-refractivity contribution in [2.45, 2.75) is 32.7 Å². The molecule has 1 saturated heterocycles. The summed E-state index contributed by atoms with van der Waals surface area (Å²) in [5.74, 6) is -1.19. The lowest BCUT2D eigenvalue weighted by Crippen LogP contribution is -2.52. The number of rotatable bonds is 2. The van der Waals surface area contributed by atoms with Crippen molar-refractivity contribution in [1.82, 2.24) is 4.90 Å². The van der Waals surface area contributed by atoms with Crippen LogP contribution in [-0.4, -0.2) is 34.5 Å². The van der Waals surface area contributed by atoms with Crippen LogP contribution in [0.1, 0.15) is 35.7 Å². The normalized spacial score (nSPS) is 22.6. The van der Waals surface area contributed by atoms with E-state index in [1.54, 1.807) is 18.2 Å². The molecule has 0 aromatic heterocycles. The first-order chi connectivity index (χ1) is 9.41. The Morgan fingerprint density at radius 2 is 2.10 bits per heavy atom. The standard InChI is InChI=1S/C15H18ClNO3/c1-9-4-3-7-17(13(9)15(19)20)14(18)12-6-5-11(16)8-10(12)2/h5-6,8-9,13H,3-4,7H2,1-2H3,(H,19,20). The number of aliphatic carboxylic acids is 1. The zero-order valence-electron chi connectivity index (χ0n) is 11.6. The fourth-order valence-electron chi connectivity index (χ4n) is 2.81. The molecule has 0 bridgehead atoms. The number of halogens is 1. The van der Waals surface area contributed by atoms with Gasteiger partial charge in [-0.3, -0.25) is 4.79 Å². The van der Waals surface area contributed by atoms with Gasteiger partial charge in [0.15, 0.2) is 0 Å². The maximum absolute atomic E-state index is 12.6. The Hall–Kier alpha value is -1.55. The number of piperidine rings is 1. The maximum Gasteiger partial charge on any atom is 0.326 e. The molecule has 20 heavy (non-hydrogen) atoms. The monoisotopic (exact) mass is 295 g/mol. The van der Waals surface area contributed by atoms with E-state index in [-0.39, 0.29) is 11.8 Å². The number of benzene rings is 1. The van der Waals surface area contributed by atoms with Gasteiger partial charge in [0, 0.05) is 17.1 Å². The third kappa shape index (κ3) is 2.80. The first kappa shape index (κ1) is 14.9. The second-order valence-electron chi connectivity index (χ2n) is 5.36. The summed E-state index contributed by atoms with van der Waals surface area (Å²) in [6.07, 6.45) is 1.67. The fraction of sp³-hybridized carbons (Fsp3) is 0.467. The van der Waals surface area contributed by atoms with E-state index in [2.05, 4.69) is 0 Å². The summed E-state index contributed by atoms with van der Waals surface area (Å²) in [6.45, 7) is 4.18. The van der Waals surface area contributed by atoms with Gasteiger partial charge in [-0.2, -0.15) is 0 Å². The van der Waals surface area contributed by atoms with Crippen LogP contribution in [0.15, 0.2) is 18.2 Å². The first-order valence-electron chi connectivity index (χ1n) is 6.71. The third-order valence-electron chi connectivity index (χ3n) is 3.87. The lowest BCUT2D eigenvalue weighted by molar-refractivity contribution is -0.145. The van der Waals surface area contributed by atoms with E-state index < -0.39 is 12.0 Å². The van der Waals surface area contributed by atoms with E-state index in [1.165, 1.54) is 4.90 Å². The molecule has 0 saturated carbocycles. The van der Waals surface area contributed by atoms with Crippen LogP contribution in [0.4, 0.5) is 0 Å². The summed E-state index contributed by atoms with van der Waals surface area (Å²) in [7, 11) is 0. The van der Waals surface area contributed by atoms with Crippen molar-refractivity contribution in [3.8, 4) is 0 Å². The fourth-order valence-corrected chi connectivity index (χ4v) is 3.04. The number of carboxylic acid groups (broad SMARTS) is 1. The Kier molecular flexibility index (Phi) is 4.33. The molecule has 1 heterocycles. The minimum absolute atomic E-state index is 0.0298. The van der Waals surface area contributed by atoms with Gasteiger partial charge in [0.2, 0.25) is 0 Å². The second kappa shape index (κ2) is 5.83. The van der Waals surface area contributed by atoms with E-state index in [0.29, 0.717) is 17.1 Å². The average Bonchev–Trinajstić information content (AvgIpc) is 2.37. The number of carbonyl (C=O) groups excluding carboxylic acids is 1. The van der Waals surface area contributed by atoms with Crippen molar-refractivity contribution in [1.29, 1.82) is 0 Å². The summed E-state index contributed by atoms with van der Waals surface area (Å²) in [5, 5.41) is 9.94. The quantitative estimate of drug-likeness (QED) is 0.912. The van der Waals surface area contributed by atoms with Crippen LogP contribution in [-0.2, 0) is 4.79 Å². The molecule has 1 amide bonds. The average molecular weight is 296 g/mol. The van der Waals surface area contributed by atoms with Crippen molar-refractivity contribution in [3.05, 3.63) is 34.3 Å². The summed E-state index contributed by atoms with van der Waals surface area (Å²) < 4.78 is 0. The van der Waals surface area contributed by atoms with Crippen LogP contribution in [0, 0.1) is 12.8 Å². The maximum atomic E-state index is 12.6. The molecule has 4 nitrogen and oxygen atoms in total. The van der Waals surface area contributed by atoms with E-state index in [1.807, 2.05) is 13.8 Å². The van der Waals surface area contributed by atoms with Crippen LogP contribution in [0.5, 0.6) is 0 Å². The van der Waals surface area contributed by atoms with Gasteiger partial charge in [0.1, 0.15) is 6.04 Å². The van der Waals surface area contributed by atoms with Crippen LogP contribution >= 0.6 is 11.6 Å². The summed E-state index contributed by atoms with van der Waals surface area (Å²) in [4.78, 5) is 25.5. The van der Waals surface area contributed by atoms with Crippen molar-refractivity contribution >= 4 is 23.5 Å². The van der Waals surface area contributed by atoms with Gasteiger partial charge in [-0.15, -0.1) is 0 Å². The number of amides is 1. The highest BCUT2D eigenvalue weighted by atomic mass is 35.5. The van der Waals surface area contributed by atoms with Gasteiger partial charge in [-0.1, -0.05) is 18.5 Å². The largest absolute Gasteiger partial charge is 0.480 e. The Morgan fingerprint density at radius 3 is 2.70 bits per heavy atom. The molecule has 2 rings (SSSR count). The molecule has 1 aromatic carbocycles. The smallest absolute Gasteiger partial charge is 0.326 e. The molecule has 0 spiro atoms. The molecule has 1 aliphatic heterocycles. The Labute approximate surface area is 123 Å². The van der Waals surface area contributed by atoms with E-state index in [9.17, 15) is 14.7 Å².